The summed E-state index contributed by atoms with van der Waals surface area (Å²) < 4.78 is 5.59. The quantitative estimate of drug-likeness (QED) is 0.795. The molecule has 140 valence electrons. The van der Waals surface area contributed by atoms with Gasteiger partial charge in [0, 0.05) is 25.3 Å². The number of aromatic nitrogens is 2. The monoisotopic (exact) mass is 357 g/mol. The van der Waals surface area contributed by atoms with Crippen molar-refractivity contribution in [1.82, 2.24) is 15.5 Å². The van der Waals surface area contributed by atoms with Crippen LogP contribution in [0.2, 0.25) is 0 Å². The molecule has 2 N–H and O–H groups in total. The van der Waals surface area contributed by atoms with Crippen molar-refractivity contribution >= 4 is 5.91 Å². The number of rotatable bonds is 7. The van der Waals surface area contributed by atoms with Gasteiger partial charge >= 0.3 is 0 Å². The summed E-state index contributed by atoms with van der Waals surface area (Å²) >= 11 is 0. The molecule has 26 heavy (non-hydrogen) atoms. The molecule has 0 bridgehead atoms. The van der Waals surface area contributed by atoms with Crippen molar-refractivity contribution in [3.8, 4) is 0 Å². The van der Waals surface area contributed by atoms with Crippen molar-refractivity contribution in [2.24, 2.45) is 5.41 Å². The van der Waals surface area contributed by atoms with Crippen LogP contribution in [-0.2, 0) is 4.79 Å². The third-order valence-corrected chi connectivity index (χ3v) is 5.34. The average molecular weight is 357 g/mol. The first-order chi connectivity index (χ1) is 12.6. The van der Waals surface area contributed by atoms with Gasteiger partial charge in [-0.2, -0.15) is 0 Å². The molecule has 1 aromatic carbocycles. The zero-order chi connectivity index (χ0) is 18.4. The van der Waals surface area contributed by atoms with Gasteiger partial charge in [-0.05, 0) is 18.4 Å². The lowest BCUT2D eigenvalue weighted by atomic mass is 9.74. The fourth-order valence-electron chi connectivity index (χ4n) is 3.72. The van der Waals surface area contributed by atoms with E-state index in [0.717, 1.165) is 31.2 Å². The minimum atomic E-state index is -0.270. The fourth-order valence-corrected chi connectivity index (χ4v) is 3.72. The molecule has 2 aromatic rings. The van der Waals surface area contributed by atoms with E-state index < -0.39 is 0 Å². The molecule has 3 rings (SSSR count). The van der Waals surface area contributed by atoms with E-state index >= 15 is 0 Å². The van der Waals surface area contributed by atoms with Crippen molar-refractivity contribution < 1.29 is 14.3 Å². The van der Waals surface area contributed by atoms with E-state index in [1.165, 1.54) is 6.42 Å². The first-order valence-electron chi connectivity index (χ1n) is 9.34. The summed E-state index contributed by atoms with van der Waals surface area (Å²) in [5, 5.41) is 20.9. The van der Waals surface area contributed by atoms with Crippen molar-refractivity contribution in [3.05, 3.63) is 47.7 Å². The predicted octanol–water partition coefficient (Wildman–Crippen LogP) is 2.96. The van der Waals surface area contributed by atoms with Gasteiger partial charge in [0.1, 0.15) is 0 Å². The molecule has 1 atom stereocenters. The van der Waals surface area contributed by atoms with Crippen LogP contribution in [0.1, 0.15) is 61.8 Å². The summed E-state index contributed by atoms with van der Waals surface area (Å²) in [5.74, 6) is 0.614. The van der Waals surface area contributed by atoms with Crippen LogP contribution < -0.4 is 5.32 Å². The predicted molar refractivity (Wildman–Crippen MR) is 97.6 cm³/mol. The van der Waals surface area contributed by atoms with Gasteiger partial charge in [-0.15, -0.1) is 10.2 Å². The van der Waals surface area contributed by atoms with Gasteiger partial charge in [0.2, 0.25) is 17.7 Å². The molecule has 1 aliphatic rings. The second-order valence-corrected chi connectivity index (χ2v) is 7.32. The number of aliphatic hydroxyl groups excluding tert-OH is 1. The minimum Gasteiger partial charge on any atom is -0.425 e. The van der Waals surface area contributed by atoms with E-state index in [0.29, 0.717) is 18.3 Å². The summed E-state index contributed by atoms with van der Waals surface area (Å²) in [5.41, 5.74) is 0.804. The van der Waals surface area contributed by atoms with E-state index in [1.807, 2.05) is 30.3 Å². The maximum Gasteiger partial charge on any atom is 0.224 e. The highest BCUT2D eigenvalue weighted by Crippen LogP contribution is 2.35. The van der Waals surface area contributed by atoms with Gasteiger partial charge < -0.3 is 14.8 Å². The summed E-state index contributed by atoms with van der Waals surface area (Å²) in [7, 11) is 0. The van der Waals surface area contributed by atoms with Gasteiger partial charge in [0.05, 0.1) is 12.5 Å². The second kappa shape index (κ2) is 8.45. The molecular formula is C20H27N3O3. The number of hydrogen-bond acceptors (Lipinski definition) is 5. The van der Waals surface area contributed by atoms with E-state index in [9.17, 15) is 9.90 Å². The Morgan fingerprint density at radius 3 is 2.58 bits per heavy atom. The van der Waals surface area contributed by atoms with Crippen LogP contribution in [-0.4, -0.2) is 34.4 Å². The number of nitrogens with zero attached hydrogens (tertiary/aromatic N) is 2. The zero-order valence-corrected chi connectivity index (χ0v) is 15.3. The Morgan fingerprint density at radius 2 is 1.96 bits per heavy atom. The molecular weight excluding hydrogens is 330 g/mol. The Bertz CT molecular complexity index is 708. The number of aliphatic hydroxyl groups is 1. The molecule has 1 amide bonds. The summed E-state index contributed by atoms with van der Waals surface area (Å²) in [6.45, 7) is 2.39. The molecule has 0 spiro atoms. The second-order valence-electron chi connectivity index (χ2n) is 7.32. The summed E-state index contributed by atoms with van der Waals surface area (Å²) in [4.78, 5) is 12.6. The number of amides is 1. The van der Waals surface area contributed by atoms with Crippen molar-refractivity contribution in [3.63, 3.8) is 0 Å². The van der Waals surface area contributed by atoms with E-state index in [4.69, 9.17) is 4.42 Å². The average Bonchev–Trinajstić information content (AvgIpc) is 3.12. The van der Waals surface area contributed by atoms with Crippen molar-refractivity contribution in [2.75, 3.05) is 13.2 Å². The highest BCUT2D eigenvalue weighted by atomic mass is 16.4. The van der Waals surface area contributed by atoms with Crippen molar-refractivity contribution in [2.45, 2.75) is 51.4 Å². The smallest absolute Gasteiger partial charge is 0.224 e. The molecule has 0 saturated heterocycles. The van der Waals surface area contributed by atoms with E-state index in [1.54, 1.807) is 6.92 Å². The minimum absolute atomic E-state index is 0.0619. The molecule has 0 aliphatic heterocycles. The number of nitrogens with one attached hydrogen (secondary N) is 1. The molecule has 6 nitrogen and oxygen atoms in total. The first-order valence-corrected chi connectivity index (χ1v) is 9.34. The maximum atomic E-state index is 12.6. The Hall–Kier alpha value is -2.21. The van der Waals surface area contributed by atoms with Crippen LogP contribution in [0.5, 0.6) is 0 Å². The number of carbonyl (C=O) groups is 1. The number of carbonyl (C=O) groups excluding carboxylic acids is 1. The van der Waals surface area contributed by atoms with Crippen molar-refractivity contribution in [1.29, 1.82) is 0 Å². The molecule has 1 heterocycles. The maximum absolute atomic E-state index is 12.6. The lowest BCUT2D eigenvalue weighted by Gasteiger charge is -2.35. The van der Waals surface area contributed by atoms with Crippen LogP contribution in [0.3, 0.4) is 0 Å². The Balaban J connectivity index is 1.67. The third kappa shape index (κ3) is 4.49. The van der Waals surface area contributed by atoms with Gasteiger partial charge in [0.15, 0.2) is 0 Å². The molecule has 1 fully saturated rings. The number of hydrogen-bond donors (Lipinski definition) is 2. The SMILES string of the molecule is Cc1nnc(C(CC(=O)NCC2(CO)CCCCC2)c2ccccc2)o1. The van der Waals surface area contributed by atoms with Crippen LogP contribution in [0.25, 0.3) is 0 Å². The largest absolute Gasteiger partial charge is 0.425 e. The highest BCUT2D eigenvalue weighted by molar-refractivity contribution is 5.77. The topological polar surface area (TPSA) is 88.2 Å². The lowest BCUT2D eigenvalue weighted by Crippen LogP contribution is -2.41. The number of aryl methyl sites for hydroxylation is 1. The molecule has 0 radical (unpaired) electrons. The van der Waals surface area contributed by atoms with Crippen LogP contribution in [0.4, 0.5) is 0 Å². The van der Waals surface area contributed by atoms with Gasteiger partial charge in [-0.3, -0.25) is 4.79 Å². The Morgan fingerprint density at radius 1 is 1.23 bits per heavy atom. The Labute approximate surface area is 154 Å². The van der Waals surface area contributed by atoms with Gasteiger partial charge in [-0.25, -0.2) is 0 Å². The highest BCUT2D eigenvalue weighted by Gasteiger charge is 2.32. The third-order valence-electron chi connectivity index (χ3n) is 5.34. The lowest BCUT2D eigenvalue weighted by molar-refractivity contribution is -0.122. The van der Waals surface area contributed by atoms with Gasteiger partial charge in [0.25, 0.3) is 0 Å². The first kappa shape index (κ1) is 18.6. The van der Waals surface area contributed by atoms with Crippen LogP contribution in [0, 0.1) is 12.3 Å². The van der Waals surface area contributed by atoms with E-state index in [2.05, 4.69) is 15.5 Å². The normalized spacial score (nSPS) is 17.6. The van der Waals surface area contributed by atoms with Crippen LogP contribution in [0.15, 0.2) is 34.7 Å². The molecule has 1 aromatic heterocycles. The summed E-state index contributed by atoms with van der Waals surface area (Å²) in [6, 6.07) is 9.74. The molecule has 6 heteroatoms. The fraction of sp³-hybridized carbons (Fsp3) is 0.550. The van der Waals surface area contributed by atoms with Gasteiger partial charge in [-0.1, -0.05) is 49.6 Å². The molecule has 1 unspecified atom stereocenters. The standard InChI is InChI=1S/C20H27N3O3/c1-15-22-23-19(26-15)17(16-8-4-2-5-9-16)12-18(25)21-13-20(14-24)10-6-3-7-11-20/h2,4-5,8-9,17,24H,3,6-7,10-14H2,1H3,(H,21,25). The summed E-state index contributed by atoms with van der Waals surface area (Å²) in [6.07, 6.45) is 5.62. The van der Waals surface area contributed by atoms with E-state index in [-0.39, 0.29) is 30.3 Å². The zero-order valence-electron chi connectivity index (χ0n) is 15.3. The number of benzene rings is 1. The van der Waals surface area contributed by atoms with Crippen LogP contribution >= 0.6 is 0 Å². The molecule has 1 aliphatic carbocycles. The Kier molecular flexibility index (Phi) is 6.04. The molecule has 1 saturated carbocycles.